The molecule has 0 radical (unpaired) electrons. The van der Waals surface area contributed by atoms with Gasteiger partial charge in [0, 0.05) is 0 Å². The van der Waals surface area contributed by atoms with Crippen LogP contribution in [0.3, 0.4) is 0 Å². The number of benzene rings is 3. The van der Waals surface area contributed by atoms with Crippen molar-refractivity contribution in [1.29, 1.82) is 0 Å². The molecule has 226 valence electrons. The highest BCUT2D eigenvalue weighted by Crippen LogP contribution is 2.61. The number of rotatable bonds is 20. The van der Waals surface area contributed by atoms with E-state index in [1.807, 2.05) is 0 Å². The number of hydrogen-bond acceptors (Lipinski definition) is 8. The minimum atomic E-state index is -0.451. The summed E-state index contributed by atoms with van der Waals surface area (Å²) in [4.78, 5) is 0. The molecule has 0 fully saturated rings. The number of aliphatic hydroxyl groups excluding tert-OH is 2. The molecule has 0 aliphatic heterocycles. The van der Waals surface area contributed by atoms with E-state index >= 15 is 0 Å². The van der Waals surface area contributed by atoms with E-state index in [9.17, 15) is 0 Å². The van der Waals surface area contributed by atoms with E-state index in [0.29, 0.717) is 79.3 Å². The SMILES string of the molecule is OCCOCCOCCOCC12c3ccccc3C(COCCOCCOCCO)(c3ccccc31)c1ccccc12. The van der Waals surface area contributed by atoms with Crippen LogP contribution in [-0.2, 0) is 39.3 Å². The second-order valence-corrected chi connectivity index (χ2v) is 10.4. The molecular weight excluding hydrogens is 536 g/mol. The molecule has 6 rings (SSSR count). The Morgan fingerprint density at radius 2 is 0.595 bits per heavy atom. The third kappa shape index (κ3) is 6.04. The van der Waals surface area contributed by atoms with Crippen molar-refractivity contribution in [3.05, 3.63) is 106 Å². The summed E-state index contributed by atoms with van der Waals surface area (Å²) < 4.78 is 34.7. The fraction of sp³-hybridized carbons (Fsp3) is 0.471. The highest BCUT2D eigenvalue weighted by molar-refractivity contribution is 5.75. The van der Waals surface area contributed by atoms with Gasteiger partial charge in [-0.2, -0.15) is 0 Å². The van der Waals surface area contributed by atoms with Crippen molar-refractivity contribution >= 4 is 0 Å². The second-order valence-electron chi connectivity index (χ2n) is 10.4. The summed E-state index contributed by atoms with van der Waals surface area (Å²) in [5.74, 6) is 0. The van der Waals surface area contributed by atoms with Crippen LogP contribution in [0.25, 0.3) is 0 Å². The van der Waals surface area contributed by atoms with Gasteiger partial charge >= 0.3 is 0 Å². The van der Waals surface area contributed by atoms with Gasteiger partial charge in [-0.05, 0) is 33.4 Å². The predicted molar refractivity (Wildman–Crippen MR) is 158 cm³/mol. The Morgan fingerprint density at radius 1 is 0.357 bits per heavy atom. The van der Waals surface area contributed by atoms with Crippen molar-refractivity contribution in [2.24, 2.45) is 0 Å². The fourth-order valence-corrected chi connectivity index (χ4v) is 6.48. The van der Waals surface area contributed by atoms with Crippen LogP contribution in [0.2, 0.25) is 0 Å². The lowest BCUT2D eigenvalue weighted by Gasteiger charge is -2.56. The van der Waals surface area contributed by atoms with Crippen LogP contribution >= 0.6 is 0 Å². The molecular formula is C34H42O8. The van der Waals surface area contributed by atoms with E-state index in [4.69, 9.17) is 38.6 Å². The summed E-state index contributed by atoms with van der Waals surface area (Å²) in [5, 5.41) is 17.7. The molecule has 0 atom stereocenters. The van der Waals surface area contributed by atoms with E-state index in [0.717, 1.165) is 0 Å². The summed E-state index contributed by atoms with van der Waals surface area (Å²) in [5.41, 5.74) is 6.61. The molecule has 8 nitrogen and oxygen atoms in total. The van der Waals surface area contributed by atoms with E-state index in [1.54, 1.807) is 0 Å². The van der Waals surface area contributed by atoms with Gasteiger partial charge in [-0.15, -0.1) is 0 Å². The summed E-state index contributed by atoms with van der Waals surface area (Å²) >= 11 is 0. The minimum Gasteiger partial charge on any atom is -0.394 e. The molecule has 0 spiro atoms. The molecule has 0 unspecified atom stereocenters. The largest absolute Gasteiger partial charge is 0.394 e. The van der Waals surface area contributed by atoms with Gasteiger partial charge < -0.3 is 38.6 Å². The quantitative estimate of drug-likeness (QED) is 0.198. The van der Waals surface area contributed by atoms with Gasteiger partial charge in [0.15, 0.2) is 0 Å². The summed E-state index contributed by atoms with van der Waals surface area (Å²) in [6.45, 7) is 5.36. The first-order valence-electron chi connectivity index (χ1n) is 14.8. The summed E-state index contributed by atoms with van der Waals surface area (Å²) in [6, 6.07) is 26.1. The summed E-state index contributed by atoms with van der Waals surface area (Å²) in [6.07, 6.45) is 0. The van der Waals surface area contributed by atoms with Gasteiger partial charge in [0.2, 0.25) is 0 Å². The van der Waals surface area contributed by atoms with Crippen LogP contribution in [-0.4, -0.2) is 103 Å². The van der Waals surface area contributed by atoms with Gasteiger partial charge in [-0.1, -0.05) is 72.8 Å². The van der Waals surface area contributed by atoms with Crippen molar-refractivity contribution in [2.45, 2.75) is 10.8 Å². The molecule has 3 aromatic rings. The Balaban J connectivity index is 1.36. The third-order valence-corrected chi connectivity index (χ3v) is 8.14. The molecule has 0 saturated carbocycles. The zero-order valence-electron chi connectivity index (χ0n) is 24.2. The normalized spacial score (nSPS) is 19.9. The van der Waals surface area contributed by atoms with Crippen LogP contribution in [0, 0.1) is 0 Å². The monoisotopic (exact) mass is 578 g/mol. The fourth-order valence-electron chi connectivity index (χ4n) is 6.48. The van der Waals surface area contributed by atoms with Gasteiger partial charge in [-0.25, -0.2) is 0 Å². The lowest BCUT2D eigenvalue weighted by Crippen LogP contribution is -2.54. The molecule has 0 amide bonds. The maximum absolute atomic E-state index is 8.84. The van der Waals surface area contributed by atoms with Crippen molar-refractivity contribution in [3.63, 3.8) is 0 Å². The first-order chi connectivity index (χ1) is 20.8. The highest BCUT2D eigenvalue weighted by atomic mass is 16.6. The Bertz CT molecular complexity index is 1050. The van der Waals surface area contributed by atoms with Crippen molar-refractivity contribution in [3.8, 4) is 0 Å². The molecule has 42 heavy (non-hydrogen) atoms. The van der Waals surface area contributed by atoms with Gasteiger partial charge in [0.05, 0.1) is 103 Å². The minimum absolute atomic E-state index is 0.0139. The standard InChI is InChI=1S/C34H42O8/c35-13-15-37-17-19-39-21-23-41-25-33-27-7-1-2-8-28(27)34(31-11-5-3-9-29(31)33,32-12-6-4-10-30(32)33)26-42-24-22-40-20-18-38-16-14-36/h1-12,35-36H,13-26H2. The van der Waals surface area contributed by atoms with Crippen molar-refractivity contribution < 1.29 is 38.6 Å². The van der Waals surface area contributed by atoms with Crippen molar-refractivity contribution in [2.75, 3.05) is 92.5 Å². The zero-order valence-corrected chi connectivity index (χ0v) is 24.2. The molecule has 0 heterocycles. The number of hydrogen-bond donors (Lipinski definition) is 2. The van der Waals surface area contributed by atoms with E-state index < -0.39 is 10.8 Å². The van der Waals surface area contributed by atoms with Gasteiger partial charge in [-0.3, -0.25) is 0 Å². The molecule has 2 bridgehead atoms. The van der Waals surface area contributed by atoms with Crippen LogP contribution in [0.1, 0.15) is 33.4 Å². The molecule has 8 heteroatoms. The average molecular weight is 579 g/mol. The smallest absolute Gasteiger partial charge is 0.0701 e. The maximum atomic E-state index is 8.84. The number of ether oxygens (including phenoxy) is 6. The molecule has 2 N–H and O–H groups in total. The zero-order chi connectivity index (χ0) is 29.1. The van der Waals surface area contributed by atoms with E-state index in [2.05, 4.69) is 72.8 Å². The first-order valence-corrected chi connectivity index (χ1v) is 14.8. The van der Waals surface area contributed by atoms with E-state index in [-0.39, 0.29) is 13.2 Å². The third-order valence-electron chi connectivity index (χ3n) is 8.14. The number of aliphatic hydroxyl groups is 2. The van der Waals surface area contributed by atoms with Crippen LogP contribution < -0.4 is 0 Å². The van der Waals surface area contributed by atoms with Crippen LogP contribution in [0.4, 0.5) is 0 Å². The lowest BCUT2D eigenvalue weighted by molar-refractivity contribution is -0.00106. The Labute approximate surface area is 248 Å². The van der Waals surface area contributed by atoms with Crippen LogP contribution in [0.15, 0.2) is 72.8 Å². The van der Waals surface area contributed by atoms with Gasteiger partial charge in [0.1, 0.15) is 0 Å². The predicted octanol–water partition coefficient (Wildman–Crippen LogP) is 3.07. The summed E-state index contributed by atoms with van der Waals surface area (Å²) in [7, 11) is 0. The maximum Gasteiger partial charge on any atom is 0.0701 e. The molecule has 3 aromatic carbocycles. The van der Waals surface area contributed by atoms with Crippen molar-refractivity contribution in [1.82, 2.24) is 0 Å². The Kier molecular flexibility index (Phi) is 11.1. The molecule has 0 aromatic heterocycles. The second kappa shape index (κ2) is 15.2. The lowest BCUT2D eigenvalue weighted by atomic mass is 9.47. The topological polar surface area (TPSA) is 95.8 Å². The molecule has 0 saturated heterocycles. The molecule has 3 aliphatic rings. The first kappa shape index (κ1) is 30.8. The highest BCUT2D eigenvalue weighted by Gasteiger charge is 2.58. The Morgan fingerprint density at radius 3 is 0.857 bits per heavy atom. The Hall–Kier alpha value is -2.66. The van der Waals surface area contributed by atoms with E-state index in [1.165, 1.54) is 33.4 Å². The molecule has 3 aliphatic carbocycles. The van der Waals surface area contributed by atoms with Crippen LogP contribution in [0.5, 0.6) is 0 Å². The van der Waals surface area contributed by atoms with Gasteiger partial charge in [0.25, 0.3) is 0 Å². The average Bonchev–Trinajstić information content (AvgIpc) is 3.04.